The largest absolute Gasteiger partial charge is 0.338 e. The summed E-state index contributed by atoms with van der Waals surface area (Å²) in [5.74, 6) is 0.324. The zero-order chi connectivity index (χ0) is 19.4. The van der Waals surface area contributed by atoms with E-state index in [0.29, 0.717) is 29.1 Å². The summed E-state index contributed by atoms with van der Waals surface area (Å²) in [6.07, 6.45) is 4.26. The van der Waals surface area contributed by atoms with Crippen LogP contribution < -0.4 is 5.56 Å². The van der Waals surface area contributed by atoms with Crippen molar-refractivity contribution in [3.8, 4) is 0 Å². The van der Waals surface area contributed by atoms with Crippen molar-refractivity contribution in [1.29, 1.82) is 0 Å². The van der Waals surface area contributed by atoms with E-state index in [1.165, 1.54) is 11.8 Å². The highest BCUT2D eigenvalue weighted by molar-refractivity contribution is 7.99. The fraction of sp³-hybridized carbons (Fsp3) is 0.476. The Morgan fingerprint density at radius 2 is 2.04 bits per heavy atom. The van der Waals surface area contributed by atoms with Gasteiger partial charge in [-0.15, -0.1) is 0 Å². The number of benzene rings is 1. The average molecular weight is 386 g/mol. The smallest absolute Gasteiger partial charge is 0.262 e. The number of rotatable bonds is 7. The van der Waals surface area contributed by atoms with Crippen molar-refractivity contribution < 1.29 is 4.79 Å². The molecule has 144 valence electrons. The lowest BCUT2D eigenvalue weighted by molar-refractivity contribution is -0.127. The number of para-hydroxylation sites is 1. The zero-order valence-electron chi connectivity index (χ0n) is 16.1. The Kier molecular flexibility index (Phi) is 6.37. The molecule has 1 amide bonds. The molecule has 1 aromatic carbocycles. The van der Waals surface area contributed by atoms with E-state index < -0.39 is 0 Å². The van der Waals surface area contributed by atoms with Gasteiger partial charge in [-0.05, 0) is 38.8 Å². The maximum absolute atomic E-state index is 13.1. The minimum atomic E-state index is 0.0109. The normalized spacial score (nSPS) is 14.6. The molecular weight excluding hydrogens is 358 g/mol. The van der Waals surface area contributed by atoms with Crippen LogP contribution in [0.2, 0.25) is 0 Å². The molecule has 0 atom stereocenters. The first-order valence-corrected chi connectivity index (χ1v) is 10.6. The van der Waals surface area contributed by atoms with E-state index >= 15 is 0 Å². The molecule has 0 unspecified atom stereocenters. The van der Waals surface area contributed by atoms with E-state index in [4.69, 9.17) is 4.98 Å². The van der Waals surface area contributed by atoms with Crippen LogP contribution in [0, 0.1) is 0 Å². The van der Waals surface area contributed by atoms with Gasteiger partial charge < -0.3 is 4.90 Å². The SMILES string of the molecule is C=C(C)CN(CC)C(=O)CSc1nc2ccccc2c(=O)n1C1CCCC1. The summed E-state index contributed by atoms with van der Waals surface area (Å²) < 4.78 is 1.84. The summed E-state index contributed by atoms with van der Waals surface area (Å²) in [4.78, 5) is 32.3. The Balaban J connectivity index is 1.90. The Bertz CT molecular complexity index is 900. The van der Waals surface area contributed by atoms with Gasteiger partial charge in [0, 0.05) is 19.1 Å². The first-order chi connectivity index (χ1) is 13.0. The van der Waals surface area contributed by atoms with Crippen LogP contribution in [0.4, 0.5) is 0 Å². The van der Waals surface area contributed by atoms with Gasteiger partial charge in [-0.2, -0.15) is 0 Å². The second kappa shape index (κ2) is 8.74. The van der Waals surface area contributed by atoms with Crippen LogP contribution >= 0.6 is 11.8 Å². The number of thioether (sulfide) groups is 1. The molecule has 0 N–H and O–H groups in total. The number of hydrogen-bond acceptors (Lipinski definition) is 4. The number of hydrogen-bond donors (Lipinski definition) is 0. The number of carbonyl (C=O) groups excluding carboxylic acids is 1. The van der Waals surface area contributed by atoms with Crippen LogP contribution in [0.25, 0.3) is 10.9 Å². The monoisotopic (exact) mass is 385 g/mol. The summed E-state index contributed by atoms with van der Waals surface area (Å²) in [5.41, 5.74) is 1.67. The molecule has 1 heterocycles. The minimum Gasteiger partial charge on any atom is -0.338 e. The second-order valence-electron chi connectivity index (χ2n) is 7.18. The van der Waals surface area contributed by atoms with E-state index in [1.807, 2.05) is 42.7 Å². The molecule has 1 aromatic heterocycles. The Morgan fingerprint density at radius 1 is 1.33 bits per heavy atom. The topological polar surface area (TPSA) is 55.2 Å². The lowest BCUT2D eigenvalue weighted by Crippen LogP contribution is -2.34. The van der Waals surface area contributed by atoms with Gasteiger partial charge in [-0.3, -0.25) is 14.2 Å². The summed E-state index contributed by atoms with van der Waals surface area (Å²) in [6, 6.07) is 7.64. The van der Waals surface area contributed by atoms with E-state index in [9.17, 15) is 9.59 Å². The molecule has 0 bridgehead atoms. The van der Waals surface area contributed by atoms with E-state index in [-0.39, 0.29) is 23.3 Å². The highest BCUT2D eigenvalue weighted by Crippen LogP contribution is 2.32. The molecule has 1 aliphatic carbocycles. The van der Waals surface area contributed by atoms with Crippen LogP contribution in [0.1, 0.15) is 45.6 Å². The third-order valence-electron chi connectivity index (χ3n) is 4.99. The van der Waals surface area contributed by atoms with Gasteiger partial charge in [0.2, 0.25) is 5.91 Å². The first kappa shape index (κ1) is 19.7. The van der Waals surface area contributed by atoms with Gasteiger partial charge in [0.1, 0.15) is 0 Å². The van der Waals surface area contributed by atoms with Crippen molar-refractivity contribution in [1.82, 2.24) is 14.5 Å². The minimum absolute atomic E-state index is 0.0109. The molecule has 1 saturated carbocycles. The van der Waals surface area contributed by atoms with Crippen molar-refractivity contribution in [3.05, 3.63) is 46.8 Å². The first-order valence-electron chi connectivity index (χ1n) is 9.57. The summed E-state index contributed by atoms with van der Waals surface area (Å²) in [7, 11) is 0. The summed E-state index contributed by atoms with van der Waals surface area (Å²) >= 11 is 1.37. The molecule has 27 heavy (non-hydrogen) atoms. The lowest BCUT2D eigenvalue weighted by Gasteiger charge is -2.22. The van der Waals surface area contributed by atoms with Gasteiger partial charge in [0.05, 0.1) is 16.7 Å². The van der Waals surface area contributed by atoms with Crippen LogP contribution in [0.15, 0.2) is 46.4 Å². The Morgan fingerprint density at radius 3 is 2.70 bits per heavy atom. The molecule has 5 nitrogen and oxygen atoms in total. The second-order valence-corrected chi connectivity index (χ2v) is 8.12. The molecule has 0 aliphatic heterocycles. The van der Waals surface area contributed by atoms with E-state index in [2.05, 4.69) is 6.58 Å². The highest BCUT2D eigenvalue weighted by atomic mass is 32.2. The molecule has 1 aliphatic rings. The van der Waals surface area contributed by atoms with Crippen molar-refractivity contribution in [2.75, 3.05) is 18.8 Å². The molecule has 0 radical (unpaired) electrons. The van der Waals surface area contributed by atoms with Crippen molar-refractivity contribution in [2.24, 2.45) is 0 Å². The lowest BCUT2D eigenvalue weighted by atomic mass is 10.2. The van der Waals surface area contributed by atoms with Gasteiger partial charge in [-0.1, -0.05) is 48.9 Å². The van der Waals surface area contributed by atoms with Gasteiger partial charge >= 0.3 is 0 Å². The fourth-order valence-corrected chi connectivity index (χ4v) is 4.60. The number of likely N-dealkylation sites (N-methyl/N-ethyl adjacent to an activating group) is 1. The van der Waals surface area contributed by atoms with Crippen LogP contribution in [0.3, 0.4) is 0 Å². The molecule has 0 saturated heterocycles. The number of amides is 1. The van der Waals surface area contributed by atoms with Crippen molar-refractivity contribution in [2.45, 2.75) is 50.7 Å². The van der Waals surface area contributed by atoms with Crippen LogP contribution in [-0.2, 0) is 4.79 Å². The fourth-order valence-electron chi connectivity index (χ4n) is 3.63. The predicted octanol–water partition coefficient (Wildman–Crippen LogP) is 4.03. The van der Waals surface area contributed by atoms with E-state index in [1.54, 1.807) is 4.90 Å². The quantitative estimate of drug-likeness (QED) is 0.410. The number of aromatic nitrogens is 2. The van der Waals surface area contributed by atoms with Gasteiger partial charge in [0.15, 0.2) is 5.16 Å². The van der Waals surface area contributed by atoms with Crippen molar-refractivity contribution >= 4 is 28.6 Å². The predicted molar refractivity (Wildman–Crippen MR) is 111 cm³/mol. The zero-order valence-corrected chi connectivity index (χ0v) is 16.9. The Labute approximate surface area is 164 Å². The van der Waals surface area contributed by atoms with Crippen LogP contribution in [-0.4, -0.2) is 39.2 Å². The molecule has 2 aromatic rings. The number of carbonyl (C=O) groups is 1. The average Bonchev–Trinajstić information content (AvgIpc) is 3.18. The number of nitrogens with zero attached hydrogens (tertiary/aromatic N) is 3. The van der Waals surface area contributed by atoms with Gasteiger partial charge in [0.25, 0.3) is 5.56 Å². The summed E-state index contributed by atoms with van der Waals surface area (Å²) in [6.45, 7) is 9.00. The molecule has 3 rings (SSSR count). The maximum atomic E-state index is 13.1. The Hall–Kier alpha value is -2.08. The molecule has 0 spiro atoms. The molecular formula is C21H27N3O2S. The maximum Gasteiger partial charge on any atom is 0.262 e. The highest BCUT2D eigenvalue weighted by Gasteiger charge is 2.24. The van der Waals surface area contributed by atoms with E-state index in [0.717, 1.165) is 31.3 Å². The molecule has 1 fully saturated rings. The standard InChI is InChI=1S/C21H27N3O2S/c1-4-23(13-15(2)3)19(25)14-27-21-22-18-12-8-7-11-17(18)20(26)24(21)16-9-5-6-10-16/h7-8,11-12,16H,2,4-6,9-10,13-14H2,1,3H3. The molecule has 6 heteroatoms. The van der Waals surface area contributed by atoms with Crippen LogP contribution in [0.5, 0.6) is 0 Å². The third-order valence-corrected chi connectivity index (χ3v) is 5.92. The number of fused-ring (bicyclic) bond motifs is 1. The van der Waals surface area contributed by atoms with Crippen molar-refractivity contribution in [3.63, 3.8) is 0 Å². The third kappa shape index (κ3) is 4.43. The summed E-state index contributed by atoms with van der Waals surface area (Å²) in [5, 5.41) is 1.31. The van der Waals surface area contributed by atoms with Gasteiger partial charge in [-0.25, -0.2) is 4.98 Å².